The molecule has 3 unspecified atom stereocenters. The Morgan fingerprint density at radius 3 is 2.40 bits per heavy atom. The molecule has 0 aromatic carbocycles. The molecule has 4 nitrogen and oxygen atoms in total. The summed E-state index contributed by atoms with van der Waals surface area (Å²) in [6.07, 6.45) is 6.25. The van der Waals surface area contributed by atoms with Gasteiger partial charge in [-0.05, 0) is 64.3 Å². The summed E-state index contributed by atoms with van der Waals surface area (Å²) in [5, 5.41) is 13.8. The lowest BCUT2D eigenvalue weighted by Crippen LogP contribution is -2.62. The van der Waals surface area contributed by atoms with Crippen LogP contribution in [-0.2, 0) is 9.53 Å². The molecule has 4 aliphatic rings. The molecule has 0 radical (unpaired) electrons. The molecule has 0 heterocycles. The SMILES string of the molecule is CCC(C)(NC)C(=O)OC12CC3CC(CC(O)(C3)C1)C2. The van der Waals surface area contributed by atoms with Gasteiger partial charge in [0.05, 0.1) is 5.60 Å². The van der Waals surface area contributed by atoms with E-state index in [2.05, 4.69) is 5.32 Å². The zero-order valence-electron chi connectivity index (χ0n) is 12.9. The van der Waals surface area contributed by atoms with Crippen molar-refractivity contribution in [3.05, 3.63) is 0 Å². The first-order valence-electron chi connectivity index (χ1n) is 7.97. The van der Waals surface area contributed by atoms with Crippen LogP contribution in [0.4, 0.5) is 0 Å². The fraction of sp³-hybridized carbons (Fsp3) is 0.938. The highest BCUT2D eigenvalue weighted by Crippen LogP contribution is 2.59. The van der Waals surface area contributed by atoms with Crippen LogP contribution in [0.15, 0.2) is 0 Å². The van der Waals surface area contributed by atoms with E-state index < -0.39 is 16.7 Å². The van der Waals surface area contributed by atoms with Crippen LogP contribution in [0.3, 0.4) is 0 Å². The quantitative estimate of drug-likeness (QED) is 0.774. The van der Waals surface area contributed by atoms with Crippen molar-refractivity contribution < 1.29 is 14.6 Å². The topological polar surface area (TPSA) is 58.6 Å². The summed E-state index contributed by atoms with van der Waals surface area (Å²) in [6.45, 7) is 3.88. The lowest BCUT2D eigenvalue weighted by molar-refractivity contribution is -0.223. The molecular formula is C16H27NO3. The van der Waals surface area contributed by atoms with Gasteiger partial charge in [0, 0.05) is 6.42 Å². The van der Waals surface area contributed by atoms with Crippen molar-refractivity contribution in [2.45, 2.75) is 75.5 Å². The maximum absolute atomic E-state index is 12.5. The van der Waals surface area contributed by atoms with Gasteiger partial charge in [-0.25, -0.2) is 0 Å². The van der Waals surface area contributed by atoms with Crippen molar-refractivity contribution >= 4 is 5.97 Å². The van der Waals surface area contributed by atoms with E-state index in [1.165, 1.54) is 6.42 Å². The van der Waals surface area contributed by atoms with E-state index in [0.717, 1.165) is 25.7 Å². The van der Waals surface area contributed by atoms with Gasteiger partial charge in [0.15, 0.2) is 0 Å². The number of carbonyl (C=O) groups is 1. The maximum Gasteiger partial charge on any atom is 0.326 e. The fourth-order valence-electron chi connectivity index (χ4n) is 4.98. The fourth-order valence-corrected chi connectivity index (χ4v) is 4.98. The Bertz CT molecular complexity index is 402. The Morgan fingerprint density at radius 2 is 1.95 bits per heavy atom. The van der Waals surface area contributed by atoms with Crippen LogP contribution in [0.1, 0.15) is 58.8 Å². The normalized spacial score (nSPS) is 45.2. The molecule has 0 saturated heterocycles. The Kier molecular flexibility index (Phi) is 3.18. The molecule has 0 amide bonds. The van der Waals surface area contributed by atoms with Crippen LogP contribution in [0, 0.1) is 11.8 Å². The highest BCUT2D eigenvalue weighted by Gasteiger charge is 2.59. The number of carbonyl (C=O) groups excluding carboxylic acids is 1. The van der Waals surface area contributed by atoms with Crippen molar-refractivity contribution in [3.63, 3.8) is 0 Å². The van der Waals surface area contributed by atoms with Gasteiger partial charge in [-0.15, -0.1) is 0 Å². The average molecular weight is 281 g/mol. The molecule has 0 aromatic rings. The summed E-state index contributed by atoms with van der Waals surface area (Å²) < 4.78 is 6.00. The van der Waals surface area contributed by atoms with Gasteiger partial charge in [0.2, 0.25) is 0 Å². The highest BCUT2D eigenvalue weighted by atomic mass is 16.6. The summed E-state index contributed by atoms with van der Waals surface area (Å²) in [7, 11) is 1.80. The zero-order valence-corrected chi connectivity index (χ0v) is 12.9. The van der Waals surface area contributed by atoms with Gasteiger partial charge in [-0.3, -0.25) is 4.79 Å². The van der Waals surface area contributed by atoms with Crippen LogP contribution in [-0.4, -0.2) is 34.9 Å². The van der Waals surface area contributed by atoms with Gasteiger partial charge in [0.25, 0.3) is 0 Å². The molecule has 4 heteroatoms. The molecule has 0 aromatic heterocycles. The van der Waals surface area contributed by atoms with Gasteiger partial charge in [-0.2, -0.15) is 0 Å². The number of aliphatic hydroxyl groups is 1. The van der Waals surface area contributed by atoms with Gasteiger partial charge in [0.1, 0.15) is 11.1 Å². The molecule has 114 valence electrons. The number of rotatable bonds is 4. The van der Waals surface area contributed by atoms with Crippen LogP contribution in [0.25, 0.3) is 0 Å². The summed E-state index contributed by atoms with van der Waals surface area (Å²) in [6, 6.07) is 0. The van der Waals surface area contributed by atoms with Crippen LogP contribution < -0.4 is 5.32 Å². The van der Waals surface area contributed by atoms with E-state index in [1.54, 1.807) is 7.05 Å². The van der Waals surface area contributed by atoms with Crippen LogP contribution >= 0.6 is 0 Å². The first-order chi connectivity index (χ1) is 9.32. The smallest absolute Gasteiger partial charge is 0.326 e. The van der Waals surface area contributed by atoms with Crippen molar-refractivity contribution in [1.29, 1.82) is 0 Å². The first-order valence-corrected chi connectivity index (χ1v) is 7.97. The summed E-state index contributed by atoms with van der Waals surface area (Å²) in [4.78, 5) is 12.5. The second kappa shape index (κ2) is 4.44. The molecule has 0 spiro atoms. The average Bonchev–Trinajstić information content (AvgIpc) is 2.34. The molecule has 4 fully saturated rings. The third kappa shape index (κ3) is 2.17. The minimum Gasteiger partial charge on any atom is -0.458 e. The highest BCUT2D eigenvalue weighted by molar-refractivity contribution is 5.80. The van der Waals surface area contributed by atoms with Gasteiger partial charge >= 0.3 is 5.97 Å². The summed E-state index contributed by atoms with van der Waals surface area (Å²) >= 11 is 0. The van der Waals surface area contributed by atoms with Crippen molar-refractivity contribution in [2.75, 3.05) is 7.05 Å². The van der Waals surface area contributed by atoms with E-state index in [4.69, 9.17) is 4.74 Å². The number of likely N-dealkylation sites (N-methyl/N-ethyl adjacent to an activating group) is 1. The monoisotopic (exact) mass is 281 g/mol. The minimum absolute atomic E-state index is 0.159. The second-order valence-electron chi connectivity index (χ2n) is 7.69. The van der Waals surface area contributed by atoms with Crippen molar-refractivity contribution in [3.8, 4) is 0 Å². The van der Waals surface area contributed by atoms with E-state index in [0.29, 0.717) is 24.7 Å². The standard InChI is InChI=1S/C16H27NO3/c1-4-14(2,17-3)13(18)20-16-8-11-5-12(9-16)7-15(19,6-11)10-16/h11-12,17,19H,4-10H2,1-3H3. The molecule has 20 heavy (non-hydrogen) atoms. The Labute approximate surface area is 121 Å². The third-order valence-corrected chi connectivity index (χ3v) is 6.00. The molecule has 4 aliphatic carbocycles. The molecule has 0 aliphatic heterocycles. The number of hydrogen-bond donors (Lipinski definition) is 2. The van der Waals surface area contributed by atoms with Crippen molar-refractivity contribution in [1.82, 2.24) is 5.32 Å². The first kappa shape index (κ1) is 14.3. The third-order valence-electron chi connectivity index (χ3n) is 6.00. The zero-order chi connectivity index (χ0) is 14.6. The number of hydrogen-bond acceptors (Lipinski definition) is 4. The molecular weight excluding hydrogens is 254 g/mol. The molecule has 4 rings (SSSR count). The molecule has 2 N–H and O–H groups in total. The van der Waals surface area contributed by atoms with Gasteiger partial charge < -0.3 is 15.2 Å². The Hall–Kier alpha value is -0.610. The number of esters is 1. The predicted molar refractivity (Wildman–Crippen MR) is 76.2 cm³/mol. The Morgan fingerprint density at radius 1 is 1.35 bits per heavy atom. The number of nitrogens with one attached hydrogen (secondary N) is 1. The lowest BCUT2D eigenvalue weighted by atomic mass is 9.52. The molecule has 3 atom stereocenters. The van der Waals surface area contributed by atoms with Gasteiger partial charge in [-0.1, -0.05) is 6.92 Å². The van der Waals surface area contributed by atoms with E-state index >= 15 is 0 Å². The largest absolute Gasteiger partial charge is 0.458 e. The molecule has 4 bridgehead atoms. The van der Waals surface area contributed by atoms with Crippen molar-refractivity contribution in [2.24, 2.45) is 11.8 Å². The minimum atomic E-state index is -0.619. The van der Waals surface area contributed by atoms with Crippen LogP contribution in [0.5, 0.6) is 0 Å². The maximum atomic E-state index is 12.5. The van der Waals surface area contributed by atoms with E-state index in [-0.39, 0.29) is 5.97 Å². The lowest BCUT2D eigenvalue weighted by Gasteiger charge is -2.59. The summed E-state index contributed by atoms with van der Waals surface area (Å²) in [5.74, 6) is 0.918. The summed E-state index contributed by atoms with van der Waals surface area (Å²) in [5.41, 5.74) is -1.60. The predicted octanol–water partition coefficient (Wildman–Crippen LogP) is 2.00. The van der Waals surface area contributed by atoms with Crippen LogP contribution in [0.2, 0.25) is 0 Å². The number of ether oxygens (including phenoxy) is 1. The van der Waals surface area contributed by atoms with E-state index in [9.17, 15) is 9.90 Å². The van der Waals surface area contributed by atoms with E-state index in [1.807, 2.05) is 13.8 Å². The second-order valence-corrected chi connectivity index (χ2v) is 7.69. The molecule has 4 saturated carbocycles. The Balaban J connectivity index is 1.79.